The van der Waals surface area contributed by atoms with Crippen LogP contribution < -0.4 is 16.4 Å². The average molecular weight is 199 g/mol. The summed E-state index contributed by atoms with van der Waals surface area (Å²) in [6.07, 6.45) is 1.87. The molecule has 4 N–H and O–H groups in total. The van der Waals surface area contributed by atoms with E-state index in [-0.39, 0.29) is 24.4 Å². The van der Waals surface area contributed by atoms with Gasteiger partial charge in [0.1, 0.15) is 0 Å². The van der Waals surface area contributed by atoms with E-state index < -0.39 is 5.91 Å². The number of nitrogens with two attached hydrogens (primary N) is 1. The van der Waals surface area contributed by atoms with Crippen molar-refractivity contribution in [2.45, 2.75) is 25.8 Å². The van der Waals surface area contributed by atoms with E-state index >= 15 is 0 Å². The van der Waals surface area contributed by atoms with Gasteiger partial charge in [0.15, 0.2) is 0 Å². The van der Waals surface area contributed by atoms with Gasteiger partial charge in [-0.3, -0.25) is 9.59 Å². The minimum absolute atomic E-state index is 0.0388. The van der Waals surface area contributed by atoms with Gasteiger partial charge in [-0.25, -0.2) is 0 Å². The van der Waals surface area contributed by atoms with Crippen LogP contribution in [0.15, 0.2) is 0 Å². The summed E-state index contributed by atoms with van der Waals surface area (Å²) in [5, 5.41) is 5.75. The Kier molecular flexibility index (Phi) is 3.88. The van der Waals surface area contributed by atoms with Gasteiger partial charge in [0.05, 0.1) is 12.5 Å². The van der Waals surface area contributed by atoms with Gasteiger partial charge < -0.3 is 16.4 Å². The molecule has 1 fully saturated rings. The Morgan fingerprint density at radius 3 is 2.86 bits per heavy atom. The largest absolute Gasteiger partial charge is 0.368 e. The highest BCUT2D eigenvalue weighted by atomic mass is 16.2. The minimum atomic E-state index is -0.505. The lowest BCUT2D eigenvalue weighted by Crippen LogP contribution is -2.48. The van der Waals surface area contributed by atoms with Gasteiger partial charge in [0, 0.05) is 6.04 Å². The van der Waals surface area contributed by atoms with Crippen LogP contribution in [0.5, 0.6) is 0 Å². The molecule has 5 nitrogen and oxygen atoms in total. The predicted molar refractivity (Wildman–Crippen MR) is 52.4 cm³/mol. The maximum absolute atomic E-state index is 11.6. The van der Waals surface area contributed by atoms with E-state index in [1.165, 1.54) is 0 Å². The number of rotatable bonds is 3. The molecule has 0 aromatic carbocycles. The first-order valence-corrected chi connectivity index (χ1v) is 4.90. The molecule has 0 aromatic rings. The maximum atomic E-state index is 11.6. The van der Waals surface area contributed by atoms with Crippen LogP contribution in [0.1, 0.15) is 19.8 Å². The van der Waals surface area contributed by atoms with Crippen molar-refractivity contribution in [3.8, 4) is 0 Å². The van der Waals surface area contributed by atoms with E-state index in [0.717, 1.165) is 19.4 Å². The Morgan fingerprint density at radius 1 is 1.57 bits per heavy atom. The number of hydrogen-bond donors (Lipinski definition) is 3. The van der Waals surface area contributed by atoms with Crippen molar-refractivity contribution in [3.05, 3.63) is 0 Å². The SMILES string of the molecule is CC1NCCCC1C(=O)NCC(N)=O. The van der Waals surface area contributed by atoms with E-state index in [1.54, 1.807) is 0 Å². The van der Waals surface area contributed by atoms with Gasteiger partial charge in [-0.2, -0.15) is 0 Å². The first-order chi connectivity index (χ1) is 6.61. The zero-order valence-electron chi connectivity index (χ0n) is 8.38. The third-order valence-corrected chi connectivity index (χ3v) is 2.54. The second-order valence-corrected chi connectivity index (χ2v) is 3.68. The summed E-state index contributed by atoms with van der Waals surface area (Å²) in [6.45, 7) is 2.87. The summed E-state index contributed by atoms with van der Waals surface area (Å²) in [4.78, 5) is 22.0. The highest BCUT2D eigenvalue weighted by molar-refractivity contribution is 5.85. The first kappa shape index (κ1) is 11.0. The van der Waals surface area contributed by atoms with Crippen LogP contribution in [0.25, 0.3) is 0 Å². The number of primary amides is 1. The van der Waals surface area contributed by atoms with Crippen LogP contribution >= 0.6 is 0 Å². The lowest BCUT2D eigenvalue weighted by molar-refractivity contribution is -0.128. The predicted octanol–water partition coefficient (Wildman–Crippen LogP) is -1.02. The molecule has 14 heavy (non-hydrogen) atoms. The fourth-order valence-corrected chi connectivity index (χ4v) is 1.71. The summed E-state index contributed by atoms with van der Waals surface area (Å²) < 4.78 is 0. The molecule has 0 radical (unpaired) electrons. The average Bonchev–Trinajstić information content (AvgIpc) is 2.15. The van der Waals surface area contributed by atoms with E-state index in [9.17, 15) is 9.59 Å². The topological polar surface area (TPSA) is 84.2 Å². The zero-order chi connectivity index (χ0) is 10.6. The number of carbonyl (C=O) groups is 2. The first-order valence-electron chi connectivity index (χ1n) is 4.90. The molecule has 1 aliphatic heterocycles. The van der Waals surface area contributed by atoms with E-state index in [1.807, 2.05) is 6.92 Å². The Labute approximate surface area is 83.4 Å². The molecule has 0 spiro atoms. The second-order valence-electron chi connectivity index (χ2n) is 3.68. The normalized spacial score (nSPS) is 26.9. The molecule has 0 aromatic heterocycles. The Morgan fingerprint density at radius 2 is 2.29 bits per heavy atom. The molecule has 0 bridgehead atoms. The van der Waals surface area contributed by atoms with Gasteiger partial charge in [-0.05, 0) is 26.3 Å². The summed E-state index contributed by atoms with van der Waals surface area (Å²) in [5.41, 5.74) is 4.94. The molecule has 5 heteroatoms. The molecule has 2 amide bonds. The van der Waals surface area contributed by atoms with Crippen molar-refractivity contribution < 1.29 is 9.59 Å². The van der Waals surface area contributed by atoms with Crippen molar-refractivity contribution >= 4 is 11.8 Å². The Hall–Kier alpha value is -1.10. The third-order valence-electron chi connectivity index (χ3n) is 2.54. The molecule has 1 heterocycles. The lowest BCUT2D eigenvalue weighted by atomic mass is 9.91. The number of carbonyl (C=O) groups excluding carboxylic acids is 2. The summed E-state index contributed by atoms with van der Waals surface area (Å²) >= 11 is 0. The van der Waals surface area contributed by atoms with Crippen LogP contribution in [0.3, 0.4) is 0 Å². The van der Waals surface area contributed by atoms with Gasteiger partial charge in [0.2, 0.25) is 11.8 Å². The smallest absolute Gasteiger partial charge is 0.236 e. The quantitative estimate of drug-likeness (QED) is 0.543. The molecule has 1 saturated heterocycles. The number of piperidine rings is 1. The summed E-state index contributed by atoms with van der Waals surface area (Å²) in [5.74, 6) is -0.624. The number of nitrogens with one attached hydrogen (secondary N) is 2. The number of hydrogen-bond acceptors (Lipinski definition) is 3. The van der Waals surface area contributed by atoms with Crippen LogP contribution in [-0.4, -0.2) is 30.9 Å². The molecule has 2 unspecified atom stereocenters. The van der Waals surface area contributed by atoms with Crippen molar-refractivity contribution in [2.24, 2.45) is 11.7 Å². The van der Waals surface area contributed by atoms with Crippen LogP contribution in [0.4, 0.5) is 0 Å². The third kappa shape index (κ3) is 2.99. The Bertz CT molecular complexity index is 230. The standard InChI is InChI=1S/C9H17N3O2/c1-6-7(3-2-4-11-6)9(14)12-5-8(10)13/h6-7,11H,2-5H2,1H3,(H2,10,13)(H,12,14). The Balaban J connectivity index is 2.38. The summed E-state index contributed by atoms with van der Waals surface area (Å²) in [7, 11) is 0. The monoisotopic (exact) mass is 199 g/mol. The fraction of sp³-hybridized carbons (Fsp3) is 0.778. The summed E-state index contributed by atoms with van der Waals surface area (Å²) in [6, 6.07) is 0.177. The van der Waals surface area contributed by atoms with Crippen molar-refractivity contribution in [3.63, 3.8) is 0 Å². The molecule has 2 atom stereocenters. The van der Waals surface area contributed by atoms with Crippen molar-refractivity contribution in [1.82, 2.24) is 10.6 Å². The lowest BCUT2D eigenvalue weighted by Gasteiger charge is -2.28. The van der Waals surface area contributed by atoms with Crippen molar-refractivity contribution in [1.29, 1.82) is 0 Å². The molecule has 80 valence electrons. The van der Waals surface area contributed by atoms with Gasteiger partial charge in [-0.15, -0.1) is 0 Å². The van der Waals surface area contributed by atoms with E-state index in [4.69, 9.17) is 5.73 Å². The van der Waals surface area contributed by atoms with E-state index in [2.05, 4.69) is 10.6 Å². The minimum Gasteiger partial charge on any atom is -0.368 e. The van der Waals surface area contributed by atoms with Gasteiger partial charge >= 0.3 is 0 Å². The molecule has 0 saturated carbocycles. The fourth-order valence-electron chi connectivity index (χ4n) is 1.71. The number of amides is 2. The van der Waals surface area contributed by atoms with Crippen LogP contribution in [0.2, 0.25) is 0 Å². The van der Waals surface area contributed by atoms with Crippen LogP contribution in [0, 0.1) is 5.92 Å². The molecular weight excluding hydrogens is 182 g/mol. The van der Waals surface area contributed by atoms with Crippen molar-refractivity contribution in [2.75, 3.05) is 13.1 Å². The highest BCUT2D eigenvalue weighted by Crippen LogP contribution is 2.15. The molecule has 0 aliphatic carbocycles. The van der Waals surface area contributed by atoms with Crippen LogP contribution in [-0.2, 0) is 9.59 Å². The van der Waals surface area contributed by atoms with E-state index in [0.29, 0.717) is 0 Å². The molecule has 1 aliphatic rings. The second kappa shape index (κ2) is 4.95. The van der Waals surface area contributed by atoms with Gasteiger partial charge in [-0.1, -0.05) is 0 Å². The molecule has 1 rings (SSSR count). The molecular formula is C9H17N3O2. The maximum Gasteiger partial charge on any atom is 0.236 e. The highest BCUT2D eigenvalue weighted by Gasteiger charge is 2.27. The van der Waals surface area contributed by atoms with Gasteiger partial charge in [0.25, 0.3) is 0 Å². The zero-order valence-corrected chi connectivity index (χ0v) is 8.38.